The molecule has 1 aliphatic heterocycles. The van der Waals surface area contributed by atoms with Crippen LogP contribution in [0.2, 0.25) is 0 Å². The number of hydrogen-bond donors (Lipinski definition) is 2. The Hall–Kier alpha value is -0.760. The Morgan fingerprint density at radius 3 is 2.40 bits per heavy atom. The van der Waals surface area contributed by atoms with Crippen molar-refractivity contribution in [2.45, 2.75) is 17.7 Å². The van der Waals surface area contributed by atoms with Gasteiger partial charge in [-0.05, 0) is 55.8 Å². The molecule has 0 atom stereocenters. The lowest BCUT2D eigenvalue weighted by molar-refractivity contribution is 0.280. The first-order chi connectivity index (χ1) is 9.55. The Bertz CT molecular complexity index is 523. The summed E-state index contributed by atoms with van der Waals surface area (Å²) in [6.45, 7) is 1.72. The summed E-state index contributed by atoms with van der Waals surface area (Å²) in [5, 5.41) is 0. The lowest BCUT2D eigenvalue weighted by atomic mass is 9.99. The highest BCUT2D eigenvalue weighted by molar-refractivity contribution is 7.98. The van der Waals surface area contributed by atoms with Gasteiger partial charge in [0.2, 0.25) is 0 Å². The third kappa shape index (κ3) is 3.88. The molecule has 0 aromatic heterocycles. The number of anilines is 1. The average molecular weight is 315 g/mol. The first-order valence-electron chi connectivity index (χ1n) is 6.67. The Kier molecular flexibility index (Phi) is 5.31. The summed E-state index contributed by atoms with van der Waals surface area (Å²) in [6.07, 6.45) is 3.66. The maximum atomic E-state index is 12.3. The number of piperidine rings is 1. The minimum atomic E-state index is -3.45. The summed E-state index contributed by atoms with van der Waals surface area (Å²) in [5.41, 5.74) is 6.22. The van der Waals surface area contributed by atoms with Crippen molar-refractivity contribution in [1.29, 1.82) is 0 Å². The number of nitrogens with two attached hydrogens (primary N) is 1. The molecule has 0 aliphatic carbocycles. The van der Waals surface area contributed by atoms with Crippen molar-refractivity contribution < 1.29 is 8.42 Å². The molecule has 1 aromatic carbocycles. The summed E-state index contributed by atoms with van der Waals surface area (Å²) in [7, 11) is -3.45. The van der Waals surface area contributed by atoms with Gasteiger partial charge in [0.1, 0.15) is 0 Å². The molecule has 3 N–H and O–H groups in total. The zero-order chi connectivity index (χ0) is 14.6. The van der Waals surface area contributed by atoms with E-state index in [1.54, 1.807) is 23.9 Å². The summed E-state index contributed by atoms with van der Waals surface area (Å²) in [6, 6.07) is 7.39. The largest absolute Gasteiger partial charge is 0.330 e. The van der Waals surface area contributed by atoms with Gasteiger partial charge < -0.3 is 5.73 Å². The van der Waals surface area contributed by atoms with Gasteiger partial charge in [-0.15, -0.1) is 11.8 Å². The van der Waals surface area contributed by atoms with Crippen LogP contribution in [0.25, 0.3) is 0 Å². The van der Waals surface area contributed by atoms with Crippen LogP contribution in [0.4, 0.5) is 5.69 Å². The van der Waals surface area contributed by atoms with Crippen LogP contribution in [0, 0.1) is 5.92 Å². The van der Waals surface area contributed by atoms with Gasteiger partial charge in [-0.1, -0.05) is 0 Å². The fraction of sp³-hybridized carbons (Fsp3) is 0.538. The average Bonchev–Trinajstić information content (AvgIpc) is 2.48. The second-order valence-electron chi connectivity index (χ2n) is 4.91. The SMILES string of the molecule is CSc1ccc(NS(=O)(=O)N2CCC(CN)CC2)cc1. The van der Waals surface area contributed by atoms with E-state index in [0.29, 0.717) is 31.2 Å². The number of nitrogens with zero attached hydrogens (tertiary/aromatic N) is 1. The van der Waals surface area contributed by atoms with Gasteiger partial charge in [-0.3, -0.25) is 4.72 Å². The molecule has 0 bridgehead atoms. The van der Waals surface area contributed by atoms with Crippen molar-refractivity contribution in [3.63, 3.8) is 0 Å². The van der Waals surface area contributed by atoms with Gasteiger partial charge >= 0.3 is 10.2 Å². The Balaban J connectivity index is 2.00. The topological polar surface area (TPSA) is 75.4 Å². The van der Waals surface area contributed by atoms with Crippen molar-refractivity contribution in [2.24, 2.45) is 11.7 Å². The highest BCUT2D eigenvalue weighted by Gasteiger charge is 2.27. The number of hydrogen-bond acceptors (Lipinski definition) is 4. The van der Waals surface area contributed by atoms with Crippen LogP contribution >= 0.6 is 11.8 Å². The zero-order valence-corrected chi connectivity index (χ0v) is 13.2. The van der Waals surface area contributed by atoms with Crippen LogP contribution in [-0.4, -0.2) is 38.6 Å². The predicted molar refractivity (Wildman–Crippen MR) is 84.1 cm³/mol. The molecule has 112 valence electrons. The van der Waals surface area contributed by atoms with E-state index in [2.05, 4.69) is 4.72 Å². The Labute approximate surface area is 125 Å². The van der Waals surface area contributed by atoms with E-state index in [9.17, 15) is 8.42 Å². The standard InChI is InChI=1S/C13H21N3O2S2/c1-19-13-4-2-12(3-5-13)15-20(17,18)16-8-6-11(10-14)7-9-16/h2-5,11,15H,6-10,14H2,1H3. The van der Waals surface area contributed by atoms with Gasteiger partial charge in [-0.25, -0.2) is 0 Å². The predicted octanol–water partition coefficient (Wildman–Crippen LogP) is 1.74. The third-order valence-corrected chi connectivity index (χ3v) is 5.87. The van der Waals surface area contributed by atoms with Gasteiger partial charge in [0.25, 0.3) is 0 Å². The number of rotatable bonds is 5. The fourth-order valence-electron chi connectivity index (χ4n) is 2.26. The summed E-state index contributed by atoms with van der Waals surface area (Å²) < 4.78 is 28.7. The van der Waals surface area contributed by atoms with Crippen LogP contribution in [0.3, 0.4) is 0 Å². The normalized spacial score (nSPS) is 18.1. The fourth-order valence-corrected chi connectivity index (χ4v) is 3.92. The zero-order valence-electron chi connectivity index (χ0n) is 11.6. The number of benzene rings is 1. The first kappa shape index (κ1) is 15.6. The van der Waals surface area contributed by atoms with Crippen LogP contribution in [0.5, 0.6) is 0 Å². The molecule has 7 heteroatoms. The molecule has 20 heavy (non-hydrogen) atoms. The first-order valence-corrected chi connectivity index (χ1v) is 9.33. The van der Waals surface area contributed by atoms with Crippen molar-refractivity contribution in [3.05, 3.63) is 24.3 Å². The maximum absolute atomic E-state index is 12.3. The molecule has 5 nitrogen and oxygen atoms in total. The molecule has 1 saturated heterocycles. The van der Waals surface area contributed by atoms with Gasteiger partial charge in [0.15, 0.2) is 0 Å². The van der Waals surface area contributed by atoms with Crippen molar-refractivity contribution in [1.82, 2.24) is 4.31 Å². The molecule has 2 rings (SSSR count). The molecule has 1 fully saturated rings. The minimum Gasteiger partial charge on any atom is -0.330 e. The second-order valence-corrected chi connectivity index (χ2v) is 7.46. The molecule has 1 aromatic rings. The Morgan fingerprint density at radius 2 is 1.90 bits per heavy atom. The van der Waals surface area contributed by atoms with Gasteiger partial charge in [0, 0.05) is 23.7 Å². The lowest BCUT2D eigenvalue weighted by Gasteiger charge is -2.30. The van der Waals surface area contributed by atoms with Gasteiger partial charge in [0.05, 0.1) is 0 Å². The summed E-state index contributed by atoms with van der Waals surface area (Å²) in [4.78, 5) is 1.11. The minimum absolute atomic E-state index is 0.447. The van der Waals surface area contributed by atoms with E-state index in [0.717, 1.165) is 17.7 Å². The van der Waals surface area contributed by atoms with Crippen molar-refractivity contribution >= 4 is 27.7 Å². The highest BCUT2D eigenvalue weighted by atomic mass is 32.2. The molecular weight excluding hydrogens is 294 g/mol. The molecule has 0 spiro atoms. The molecule has 1 heterocycles. The monoisotopic (exact) mass is 315 g/mol. The highest BCUT2D eigenvalue weighted by Crippen LogP contribution is 2.22. The van der Waals surface area contributed by atoms with E-state index in [-0.39, 0.29) is 0 Å². The molecule has 1 aliphatic rings. The van der Waals surface area contributed by atoms with Crippen molar-refractivity contribution in [3.8, 4) is 0 Å². The number of nitrogens with one attached hydrogen (secondary N) is 1. The summed E-state index contributed by atoms with van der Waals surface area (Å²) in [5.74, 6) is 0.447. The smallest absolute Gasteiger partial charge is 0.301 e. The molecule has 0 unspecified atom stereocenters. The molecule has 0 amide bonds. The lowest BCUT2D eigenvalue weighted by Crippen LogP contribution is -2.42. The maximum Gasteiger partial charge on any atom is 0.301 e. The summed E-state index contributed by atoms with van der Waals surface area (Å²) >= 11 is 1.63. The van der Waals surface area contributed by atoms with Crippen LogP contribution < -0.4 is 10.5 Å². The molecule has 0 radical (unpaired) electrons. The second kappa shape index (κ2) is 6.80. The van der Waals surface area contributed by atoms with Crippen LogP contribution in [0.15, 0.2) is 29.2 Å². The van der Waals surface area contributed by atoms with Crippen molar-refractivity contribution in [2.75, 3.05) is 30.6 Å². The Morgan fingerprint density at radius 1 is 1.30 bits per heavy atom. The van der Waals surface area contributed by atoms with Crippen LogP contribution in [0.1, 0.15) is 12.8 Å². The third-order valence-electron chi connectivity index (χ3n) is 3.58. The van der Waals surface area contributed by atoms with Crippen LogP contribution in [-0.2, 0) is 10.2 Å². The van der Waals surface area contributed by atoms with E-state index in [4.69, 9.17) is 5.73 Å². The quantitative estimate of drug-likeness (QED) is 0.812. The van der Waals surface area contributed by atoms with E-state index in [1.165, 1.54) is 4.31 Å². The van der Waals surface area contributed by atoms with E-state index < -0.39 is 10.2 Å². The van der Waals surface area contributed by atoms with Gasteiger partial charge in [-0.2, -0.15) is 12.7 Å². The van der Waals surface area contributed by atoms with E-state index >= 15 is 0 Å². The van der Waals surface area contributed by atoms with E-state index in [1.807, 2.05) is 18.4 Å². The molecular formula is C13H21N3O2S2. The number of thioether (sulfide) groups is 1. The molecule has 0 saturated carbocycles.